The van der Waals surface area contributed by atoms with Gasteiger partial charge in [-0.2, -0.15) is 21.0 Å². The first-order valence-corrected chi connectivity index (χ1v) is 5.69. The molecule has 0 amide bonds. The van der Waals surface area contributed by atoms with Crippen molar-refractivity contribution in [2.45, 2.75) is 32.6 Å². The van der Waals surface area contributed by atoms with Crippen molar-refractivity contribution in [1.29, 1.82) is 21.0 Å². The van der Waals surface area contributed by atoms with Crippen molar-refractivity contribution in [2.24, 2.45) is 16.7 Å². The second kappa shape index (κ2) is 4.87. The van der Waals surface area contributed by atoms with Gasteiger partial charge in [0.25, 0.3) is 0 Å². The molecule has 1 unspecified atom stereocenters. The predicted octanol–water partition coefficient (Wildman–Crippen LogP) is 1.83. The Morgan fingerprint density at radius 3 is 2.00 bits per heavy atom. The van der Waals surface area contributed by atoms with Gasteiger partial charge in [-0.25, -0.2) is 0 Å². The summed E-state index contributed by atoms with van der Waals surface area (Å²) < 4.78 is 0. The van der Waals surface area contributed by atoms with E-state index < -0.39 is 16.7 Å². The van der Waals surface area contributed by atoms with Gasteiger partial charge in [-0.15, -0.1) is 0 Å². The molecule has 0 spiro atoms. The molecule has 0 aromatic heterocycles. The summed E-state index contributed by atoms with van der Waals surface area (Å²) >= 11 is 0. The van der Waals surface area contributed by atoms with Crippen LogP contribution >= 0.6 is 0 Å². The van der Waals surface area contributed by atoms with Crippen LogP contribution in [-0.2, 0) is 4.79 Å². The van der Waals surface area contributed by atoms with E-state index in [0.717, 1.165) is 12.8 Å². The highest BCUT2D eigenvalue weighted by Crippen LogP contribution is 2.47. The van der Waals surface area contributed by atoms with Crippen molar-refractivity contribution in [3.05, 3.63) is 0 Å². The Hall–Kier alpha value is -2.37. The maximum atomic E-state index is 11.9. The minimum Gasteiger partial charge on any atom is -0.299 e. The first-order valence-electron chi connectivity index (χ1n) is 5.69. The van der Waals surface area contributed by atoms with E-state index in [1.807, 2.05) is 0 Å². The number of rotatable bonds is 2. The number of carbonyl (C=O) groups excluding carboxylic acids is 1. The summed E-state index contributed by atoms with van der Waals surface area (Å²) in [6.07, 6.45) is 2.16. The minimum absolute atomic E-state index is 0.193. The lowest BCUT2D eigenvalue weighted by Crippen LogP contribution is -2.46. The largest absolute Gasteiger partial charge is 0.299 e. The topological polar surface area (TPSA) is 112 Å². The van der Waals surface area contributed by atoms with Gasteiger partial charge in [0.1, 0.15) is 5.78 Å². The molecule has 1 aliphatic carbocycles. The van der Waals surface area contributed by atoms with Gasteiger partial charge in [-0.3, -0.25) is 4.79 Å². The first kappa shape index (κ1) is 13.7. The number of carbonyl (C=O) groups is 1. The van der Waals surface area contributed by atoms with Gasteiger partial charge in [0.15, 0.2) is 10.8 Å². The number of hydrogen-bond donors (Lipinski definition) is 0. The molecule has 1 atom stereocenters. The highest BCUT2D eigenvalue weighted by molar-refractivity contribution is 5.84. The Labute approximate surface area is 106 Å². The van der Waals surface area contributed by atoms with Crippen LogP contribution in [0, 0.1) is 62.1 Å². The van der Waals surface area contributed by atoms with Gasteiger partial charge in [0.05, 0.1) is 30.2 Å². The van der Waals surface area contributed by atoms with E-state index in [9.17, 15) is 15.3 Å². The zero-order valence-electron chi connectivity index (χ0n) is 10.1. The van der Waals surface area contributed by atoms with Crippen LogP contribution in [0.15, 0.2) is 0 Å². The number of nitriles is 4. The Balaban J connectivity index is 3.40. The second-order valence-electron chi connectivity index (χ2n) is 4.64. The Morgan fingerprint density at radius 2 is 1.61 bits per heavy atom. The Bertz CT molecular complexity index is 495. The summed E-state index contributed by atoms with van der Waals surface area (Å²) in [5.74, 6) is -1.04. The highest BCUT2D eigenvalue weighted by atomic mass is 16.1. The Morgan fingerprint density at radius 1 is 1.06 bits per heavy atom. The van der Waals surface area contributed by atoms with Gasteiger partial charge in [-0.05, 0) is 19.8 Å². The van der Waals surface area contributed by atoms with E-state index in [0.29, 0.717) is 12.8 Å². The number of nitrogens with zero attached hydrogens (tertiary/aromatic N) is 4. The lowest BCUT2D eigenvalue weighted by atomic mass is 9.57. The van der Waals surface area contributed by atoms with Gasteiger partial charge in [0, 0.05) is 6.42 Å². The van der Waals surface area contributed by atoms with Crippen molar-refractivity contribution in [2.75, 3.05) is 0 Å². The molecule has 1 saturated carbocycles. The maximum Gasteiger partial charge on any atom is 0.184 e. The van der Waals surface area contributed by atoms with E-state index in [1.165, 1.54) is 6.92 Å². The van der Waals surface area contributed by atoms with Gasteiger partial charge < -0.3 is 0 Å². The number of hydrogen-bond acceptors (Lipinski definition) is 5. The van der Waals surface area contributed by atoms with E-state index >= 15 is 0 Å². The van der Waals surface area contributed by atoms with Crippen LogP contribution in [0.3, 0.4) is 0 Å². The summed E-state index contributed by atoms with van der Waals surface area (Å²) in [4.78, 5) is 11.9. The maximum absolute atomic E-state index is 11.9. The van der Waals surface area contributed by atoms with E-state index in [-0.39, 0.29) is 5.78 Å². The van der Waals surface area contributed by atoms with Crippen molar-refractivity contribution < 1.29 is 4.79 Å². The van der Waals surface area contributed by atoms with Crippen LogP contribution in [0.1, 0.15) is 32.6 Å². The summed E-state index contributed by atoms with van der Waals surface area (Å²) in [6, 6.07) is 7.02. The standard InChI is InChI=1S/C13H12N4O/c1-12(6-14,7-15)13(8-16,9-17)10-4-2-3-5-11(10)18/h10H,2-5H2,1H3. The average molecular weight is 240 g/mol. The number of Topliss-reactive ketones (excluding diaryl/α,β-unsaturated/α-hetero) is 1. The Kier molecular flexibility index (Phi) is 3.70. The van der Waals surface area contributed by atoms with Crippen molar-refractivity contribution in [1.82, 2.24) is 0 Å². The van der Waals surface area contributed by atoms with Crippen LogP contribution < -0.4 is 0 Å². The van der Waals surface area contributed by atoms with Crippen LogP contribution in [0.5, 0.6) is 0 Å². The molecule has 0 aliphatic heterocycles. The molecule has 90 valence electrons. The van der Waals surface area contributed by atoms with Gasteiger partial charge in [0.2, 0.25) is 0 Å². The van der Waals surface area contributed by atoms with Crippen molar-refractivity contribution in [3.63, 3.8) is 0 Å². The molecule has 5 nitrogen and oxygen atoms in total. The zero-order chi connectivity index (χ0) is 13.8. The predicted molar refractivity (Wildman–Crippen MR) is 60.0 cm³/mol. The third-order valence-corrected chi connectivity index (χ3v) is 3.67. The fourth-order valence-electron chi connectivity index (χ4n) is 2.40. The molecule has 0 N–H and O–H groups in total. The van der Waals surface area contributed by atoms with E-state index in [1.54, 1.807) is 24.3 Å². The van der Waals surface area contributed by atoms with E-state index in [4.69, 9.17) is 10.5 Å². The third-order valence-electron chi connectivity index (χ3n) is 3.67. The summed E-state index contributed by atoms with van der Waals surface area (Å²) in [5.41, 5.74) is -3.68. The molecule has 0 saturated heterocycles. The highest BCUT2D eigenvalue weighted by Gasteiger charge is 2.58. The van der Waals surface area contributed by atoms with Gasteiger partial charge in [-0.1, -0.05) is 6.42 Å². The summed E-state index contributed by atoms with van der Waals surface area (Å²) in [6.45, 7) is 1.25. The average Bonchev–Trinajstić information content (AvgIpc) is 2.42. The molecule has 18 heavy (non-hydrogen) atoms. The number of ketones is 1. The first-order chi connectivity index (χ1) is 8.51. The van der Waals surface area contributed by atoms with Gasteiger partial charge >= 0.3 is 0 Å². The van der Waals surface area contributed by atoms with Crippen molar-refractivity contribution in [3.8, 4) is 24.3 Å². The monoisotopic (exact) mass is 240 g/mol. The molecule has 0 radical (unpaired) electrons. The molecule has 0 bridgehead atoms. The molecular formula is C13H12N4O. The molecule has 1 rings (SSSR count). The second-order valence-corrected chi connectivity index (χ2v) is 4.64. The van der Waals surface area contributed by atoms with E-state index in [2.05, 4.69) is 0 Å². The lowest BCUT2D eigenvalue weighted by molar-refractivity contribution is -0.128. The van der Waals surface area contributed by atoms with Crippen LogP contribution in [-0.4, -0.2) is 5.78 Å². The molecule has 1 fully saturated rings. The molecule has 1 aliphatic rings. The third kappa shape index (κ3) is 1.71. The van der Waals surface area contributed by atoms with Crippen molar-refractivity contribution >= 4 is 5.78 Å². The molecule has 5 heteroatoms. The van der Waals surface area contributed by atoms with Crippen LogP contribution in [0.2, 0.25) is 0 Å². The smallest absolute Gasteiger partial charge is 0.184 e. The summed E-state index contributed by atoms with van der Waals surface area (Å²) in [7, 11) is 0. The fourth-order valence-corrected chi connectivity index (χ4v) is 2.40. The van der Waals surface area contributed by atoms with Crippen LogP contribution in [0.4, 0.5) is 0 Å². The normalized spacial score (nSPS) is 20.1. The minimum atomic E-state index is -1.88. The lowest BCUT2D eigenvalue weighted by Gasteiger charge is -2.36. The SMILES string of the molecule is CC(C#N)(C#N)C(C#N)(C#N)C1CCCCC1=O. The molecule has 0 heterocycles. The quantitative estimate of drug-likeness (QED) is 0.730. The molecule has 0 aromatic carbocycles. The summed E-state index contributed by atoms with van der Waals surface area (Å²) in [5, 5.41) is 36.9. The zero-order valence-corrected chi connectivity index (χ0v) is 10.1. The molecule has 0 aromatic rings. The fraction of sp³-hybridized carbons (Fsp3) is 0.615. The molecular weight excluding hydrogens is 228 g/mol. The van der Waals surface area contributed by atoms with Crippen LogP contribution in [0.25, 0.3) is 0 Å².